The monoisotopic (exact) mass is 310 g/mol. The van der Waals surface area contributed by atoms with Gasteiger partial charge >= 0.3 is 0 Å². The van der Waals surface area contributed by atoms with Gasteiger partial charge in [0.05, 0.1) is 24.5 Å². The van der Waals surface area contributed by atoms with Crippen molar-refractivity contribution >= 4 is 17.5 Å². The number of anilines is 1. The first-order valence-electron chi connectivity index (χ1n) is 8.22. The molecule has 0 radical (unpaired) electrons. The third kappa shape index (κ3) is 1.83. The second kappa shape index (κ2) is 4.45. The first-order valence-corrected chi connectivity index (χ1v) is 8.22. The van der Waals surface area contributed by atoms with Gasteiger partial charge in [0.2, 0.25) is 11.8 Å². The Kier molecular flexibility index (Phi) is 2.57. The molecule has 4 aliphatic rings. The molecule has 5 heteroatoms. The molecule has 5 nitrogen and oxygen atoms in total. The molecular formula is C18H18N2O3. The van der Waals surface area contributed by atoms with E-state index in [0.29, 0.717) is 12.6 Å². The molecule has 118 valence electrons. The van der Waals surface area contributed by atoms with Crippen LogP contribution in [0.15, 0.2) is 42.5 Å². The lowest BCUT2D eigenvalue weighted by molar-refractivity contribution is -0.132. The van der Waals surface area contributed by atoms with Crippen LogP contribution in [0.1, 0.15) is 12.8 Å². The highest BCUT2D eigenvalue weighted by Gasteiger charge is 2.67. The topological polar surface area (TPSA) is 58.6 Å². The lowest BCUT2D eigenvalue weighted by Gasteiger charge is -2.23. The average molecular weight is 310 g/mol. The van der Waals surface area contributed by atoms with E-state index in [1.807, 2.05) is 42.5 Å². The molecule has 1 aliphatic carbocycles. The van der Waals surface area contributed by atoms with Gasteiger partial charge in [-0.25, -0.2) is 0 Å². The maximum Gasteiger partial charge on any atom is 0.234 e. The summed E-state index contributed by atoms with van der Waals surface area (Å²) >= 11 is 0. The molecule has 1 aromatic carbocycles. The summed E-state index contributed by atoms with van der Waals surface area (Å²) in [4.78, 5) is 27.4. The van der Waals surface area contributed by atoms with Crippen LogP contribution in [0.2, 0.25) is 0 Å². The SMILES string of the molecule is O=C(NC1CC1)[C@@H]1[C@H]2C(=O)N(c3ccccc3)C[C@]23C=C[C@H]1O3. The number of amides is 2. The molecule has 2 saturated heterocycles. The van der Waals surface area contributed by atoms with Crippen molar-refractivity contribution in [2.24, 2.45) is 11.8 Å². The van der Waals surface area contributed by atoms with Gasteiger partial charge in [0.15, 0.2) is 0 Å². The lowest BCUT2D eigenvalue weighted by Crippen LogP contribution is -2.44. The summed E-state index contributed by atoms with van der Waals surface area (Å²) in [5, 5.41) is 3.04. The molecule has 23 heavy (non-hydrogen) atoms. The summed E-state index contributed by atoms with van der Waals surface area (Å²) in [5.41, 5.74) is 0.228. The van der Waals surface area contributed by atoms with Crippen molar-refractivity contribution in [2.45, 2.75) is 30.6 Å². The summed E-state index contributed by atoms with van der Waals surface area (Å²) in [5.74, 6) is -0.839. The van der Waals surface area contributed by atoms with Crippen LogP contribution in [-0.4, -0.2) is 36.1 Å². The molecule has 1 aromatic rings. The average Bonchev–Trinajstić information content (AvgIpc) is 3.09. The Bertz CT molecular complexity index is 712. The van der Waals surface area contributed by atoms with Crippen molar-refractivity contribution in [3.05, 3.63) is 42.5 Å². The van der Waals surface area contributed by atoms with Gasteiger partial charge in [-0.2, -0.15) is 0 Å². The number of para-hydroxylation sites is 1. The van der Waals surface area contributed by atoms with Crippen molar-refractivity contribution in [1.82, 2.24) is 5.32 Å². The van der Waals surface area contributed by atoms with E-state index in [9.17, 15) is 9.59 Å². The van der Waals surface area contributed by atoms with Gasteiger partial charge in [-0.3, -0.25) is 9.59 Å². The highest BCUT2D eigenvalue weighted by molar-refractivity contribution is 6.03. The first kappa shape index (κ1) is 13.3. The number of hydrogen-bond acceptors (Lipinski definition) is 3. The third-order valence-electron chi connectivity index (χ3n) is 5.39. The molecule has 2 bridgehead atoms. The molecule has 0 aromatic heterocycles. The molecule has 0 unspecified atom stereocenters. The van der Waals surface area contributed by atoms with Gasteiger partial charge in [-0.1, -0.05) is 30.4 Å². The number of nitrogens with zero attached hydrogens (tertiary/aromatic N) is 1. The molecule has 1 spiro atoms. The molecule has 1 N–H and O–H groups in total. The van der Waals surface area contributed by atoms with Crippen LogP contribution in [-0.2, 0) is 14.3 Å². The zero-order valence-electron chi connectivity index (χ0n) is 12.6. The van der Waals surface area contributed by atoms with Crippen molar-refractivity contribution in [3.63, 3.8) is 0 Å². The van der Waals surface area contributed by atoms with Crippen LogP contribution in [0.3, 0.4) is 0 Å². The number of ether oxygens (including phenoxy) is 1. The van der Waals surface area contributed by atoms with E-state index in [2.05, 4.69) is 5.32 Å². The number of carbonyl (C=O) groups excluding carboxylic acids is 2. The molecular weight excluding hydrogens is 292 g/mol. The van der Waals surface area contributed by atoms with Crippen molar-refractivity contribution in [1.29, 1.82) is 0 Å². The number of hydrogen-bond donors (Lipinski definition) is 1. The number of benzene rings is 1. The summed E-state index contributed by atoms with van der Waals surface area (Å²) in [6.07, 6.45) is 5.76. The number of fused-ring (bicyclic) bond motifs is 1. The maximum absolute atomic E-state index is 13.0. The van der Waals surface area contributed by atoms with Gasteiger partial charge in [-0.15, -0.1) is 0 Å². The Morgan fingerprint density at radius 1 is 1.26 bits per heavy atom. The summed E-state index contributed by atoms with van der Waals surface area (Å²) in [6.45, 7) is 0.487. The van der Waals surface area contributed by atoms with E-state index in [-0.39, 0.29) is 17.9 Å². The fourth-order valence-electron chi connectivity index (χ4n) is 4.15. The number of carbonyl (C=O) groups is 2. The standard InChI is InChI=1S/C18H18N2O3/c21-16(19-11-6-7-11)14-13-8-9-18(23-13)10-20(17(22)15(14)18)12-4-2-1-3-5-12/h1-5,8-9,11,13-15H,6-7,10H2,(H,19,21)/t13-,14+,15+,18-/m1/s1. The first-order chi connectivity index (χ1) is 11.2. The minimum atomic E-state index is -0.636. The second-order valence-electron chi connectivity index (χ2n) is 6.94. The van der Waals surface area contributed by atoms with Crippen LogP contribution < -0.4 is 10.2 Å². The molecule has 4 atom stereocenters. The molecule has 2 amide bonds. The van der Waals surface area contributed by atoms with E-state index in [1.54, 1.807) is 4.90 Å². The molecule has 3 fully saturated rings. The normalized spacial score (nSPS) is 37.3. The Balaban J connectivity index is 1.48. The lowest BCUT2D eigenvalue weighted by atomic mass is 9.77. The Morgan fingerprint density at radius 3 is 2.78 bits per heavy atom. The minimum Gasteiger partial charge on any atom is -0.360 e. The van der Waals surface area contributed by atoms with Gasteiger partial charge in [0.25, 0.3) is 0 Å². The van der Waals surface area contributed by atoms with E-state index < -0.39 is 17.4 Å². The highest BCUT2D eigenvalue weighted by atomic mass is 16.5. The van der Waals surface area contributed by atoms with E-state index in [1.165, 1.54) is 0 Å². The van der Waals surface area contributed by atoms with Crippen LogP contribution in [0.4, 0.5) is 5.69 Å². The summed E-state index contributed by atoms with van der Waals surface area (Å²) < 4.78 is 6.11. The quantitative estimate of drug-likeness (QED) is 0.855. The fraction of sp³-hybridized carbons (Fsp3) is 0.444. The van der Waals surface area contributed by atoms with Crippen LogP contribution >= 0.6 is 0 Å². The predicted molar refractivity (Wildman–Crippen MR) is 83.7 cm³/mol. The zero-order valence-corrected chi connectivity index (χ0v) is 12.6. The smallest absolute Gasteiger partial charge is 0.234 e. The van der Waals surface area contributed by atoms with Crippen molar-refractivity contribution in [3.8, 4) is 0 Å². The van der Waals surface area contributed by atoms with Crippen LogP contribution in [0.5, 0.6) is 0 Å². The summed E-state index contributed by atoms with van der Waals surface area (Å²) in [6, 6.07) is 9.90. The molecule has 3 heterocycles. The van der Waals surface area contributed by atoms with E-state index in [4.69, 9.17) is 4.74 Å². The zero-order chi connectivity index (χ0) is 15.6. The second-order valence-corrected chi connectivity index (χ2v) is 6.94. The van der Waals surface area contributed by atoms with Gasteiger partial charge in [-0.05, 0) is 25.0 Å². The molecule has 1 saturated carbocycles. The van der Waals surface area contributed by atoms with E-state index >= 15 is 0 Å². The van der Waals surface area contributed by atoms with Gasteiger partial charge < -0.3 is 15.0 Å². The molecule has 5 rings (SSSR count). The number of rotatable bonds is 3. The summed E-state index contributed by atoms with van der Waals surface area (Å²) in [7, 11) is 0. The Hall–Kier alpha value is -2.14. The fourth-order valence-corrected chi connectivity index (χ4v) is 4.15. The minimum absolute atomic E-state index is 0.000929. The predicted octanol–water partition coefficient (Wildman–Crippen LogP) is 1.25. The third-order valence-corrected chi connectivity index (χ3v) is 5.39. The number of nitrogens with one attached hydrogen (secondary N) is 1. The van der Waals surface area contributed by atoms with E-state index in [0.717, 1.165) is 18.5 Å². The van der Waals surface area contributed by atoms with Crippen molar-refractivity contribution < 1.29 is 14.3 Å². The largest absolute Gasteiger partial charge is 0.360 e. The maximum atomic E-state index is 13.0. The highest BCUT2D eigenvalue weighted by Crippen LogP contribution is 2.52. The Morgan fingerprint density at radius 2 is 2.04 bits per heavy atom. The van der Waals surface area contributed by atoms with Crippen LogP contribution in [0, 0.1) is 11.8 Å². The van der Waals surface area contributed by atoms with Gasteiger partial charge in [0, 0.05) is 11.7 Å². The Labute approximate surface area is 134 Å². The van der Waals surface area contributed by atoms with Gasteiger partial charge in [0.1, 0.15) is 5.60 Å². The molecule has 3 aliphatic heterocycles. The van der Waals surface area contributed by atoms with Crippen molar-refractivity contribution in [2.75, 3.05) is 11.4 Å². The van der Waals surface area contributed by atoms with Crippen LogP contribution in [0.25, 0.3) is 0 Å².